The summed E-state index contributed by atoms with van der Waals surface area (Å²) in [5, 5.41) is 15.6. The molecule has 3 aromatic rings. The van der Waals surface area contributed by atoms with Crippen LogP contribution in [0.25, 0.3) is 11.3 Å². The number of nitrogens with zero attached hydrogens (tertiary/aromatic N) is 3. The lowest BCUT2D eigenvalue weighted by Crippen LogP contribution is -2.35. The van der Waals surface area contributed by atoms with Crippen molar-refractivity contribution < 1.29 is 18.1 Å². The maximum absolute atomic E-state index is 12.7. The predicted octanol–water partition coefficient (Wildman–Crippen LogP) is 4.15. The van der Waals surface area contributed by atoms with Gasteiger partial charge in [0.1, 0.15) is 0 Å². The van der Waals surface area contributed by atoms with Gasteiger partial charge in [0, 0.05) is 41.7 Å². The van der Waals surface area contributed by atoms with E-state index in [0.717, 1.165) is 19.3 Å². The zero-order valence-electron chi connectivity index (χ0n) is 16.9. The van der Waals surface area contributed by atoms with Crippen LogP contribution >= 0.6 is 11.3 Å². The molecule has 1 saturated heterocycles. The van der Waals surface area contributed by atoms with Gasteiger partial charge in [-0.3, -0.25) is 20.2 Å². The summed E-state index contributed by atoms with van der Waals surface area (Å²) in [5.41, 5.74) is 1.58. The molecule has 4 rings (SSSR count). The Morgan fingerprint density at radius 1 is 1.03 bits per heavy atom. The van der Waals surface area contributed by atoms with Crippen molar-refractivity contribution in [2.24, 2.45) is 0 Å². The molecule has 0 saturated carbocycles. The fourth-order valence-electron chi connectivity index (χ4n) is 3.42. The number of carbonyl (C=O) groups excluding carboxylic acids is 1. The van der Waals surface area contributed by atoms with E-state index in [0.29, 0.717) is 35.0 Å². The van der Waals surface area contributed by atoms with Gasteiger partial charge >= 0.3 is 0 Å². The summed E-state index contributed by atoms with van der Waals surface area (Å²) < 4.78 is 27.0. The number of sulfonamides is 1. The van der Waals surface area contributed by atoms with Crippen LogP contribution in [0.5, 0.6) is 0 Å². The summed E-state index contributed by atoms with van der Waals surface area (Å²) in [6.07, 6.45) is 2.75. The molecule has 1 amide bonds. The highest BCUT2D eigenvalue weighted by Crippen LogP contribution is 2.27. The van der Waals surface area contributed by atoms with Gasteiger partial charge in [0.05, 0.1) is 15.5 Å². The molecule has 0 aliphatic carbocycles. The Bertz CT molecular complexity index is 1230. The topological polar surface area (TPSA) is 123 Å². The Morgan fingerprint density at radius 3 is 2.31 bits per heavy atom. The van der Waals surface area contributed by atoms with Crippen molar-refractivity contribution in [3.63, 3.8) is 0 Å². The molecule has 0 unspecified atom stereocenters. The molecule has 32 heavy (non-hydrogen) atoms. The lowest BCUT2D eigenvalue weighted by molar-refractivity contribution is -0.384. The van der Waals surface area contributed by atoms with Gasteiger partial charge in [-0.15, -0.1) is 11.3 Å². The zero-order chi connectivity index (χ0) is 22.7. The number of piperidine rings is 1. The van der Waals surface area contributed by atoms with Gasteiger partial charge in [-0.05, 0) is 49.2 Å². The number of aromatic nitrogens is 1. The number of thiazole rings is 1. The van der Waals surface area contributed by atoms with Crippen LogP contribution in [0.4, 0.5) is 10.8 Å². The predicted molar refractivity (Wildman–Crippen MR) is 121 cm³/mol. The molecule has 2 aromatic carbocycles. The highest BCUT2D eigenvalue weighted by atomic mass is 32.2. The van der Waals surface area contributed by atoms with Crippen LogP contribution in [-0.2, 0) is 10.0 Å². The van der Waals surface area contributed by atoms with Gasteiger partial charge in [0.15, 0.2) is 5.13 Å². The molecule has 11 heteroatoms. The van der Waals surface area contributed by atoms with Crippen LogP contribution < -0.4 is 5.32 Å². The first-order chi connectivity index (χ1) is 15.3. The second kappa shape index (κ2) is 9.15. The minimum absolute atomic E-state index is 0.0109. The second-order valence-electron chi connectivity index (χ2n) is 7.29. The molecule has 9 nitrogen and oxygen atoms in total. The first-order valence-electron chi connectivity index (χ1n) is 9.96. The van der Waals surface area contributed by atoms with E-state index in [-0.39, 0.29) is 10.6 Å². The van der Waals surface area contributed by atoms with E-state index in [4.69, 9.17) is 0 Å². The molecule has 1 fully saturated rings. The normalized spacial score (nSPS) is 14.8. The van der Waals surface area contributed by atoms with Crippen molar-refractivity contribution in [3.05, 3.63) is 69.6 Å². The fraction of sp³-hybridized carbons (Fsp3) is 0.238. The van der Waals surface area contributed by atoms with Crippen LogP contribution in [-0.4, -0.2) is 41.6 Å². The molecule has 0 radical (unpaired) electrons. The lowest BCUT2D eigenvalue weighted by atomic mass is 10.1. The third-order valence-electron chi connectivity index (χ3n) is 5.17. The van der Waals surface area contributed by atoms with E-state index in [9.17, 15) is 23.3 Å². The number of nitrogens with one attached hydrogen (secondary N) is 1. The summed E-state index contributed by atoms with van der Waals surface area (Å²) in [6.45, 7) is 1.04. The first kappa shape index (κ1) is 22.1. The maximum atomic E-state index is 12.7. The van der Waals surface area contributed by atoms with Gasteiger partial charge < -0.3 is 0 Å². The summed E-state index contributed by atoms with van der Waals surface area (Å²) in [4.78, 5) is 27.4. The second-order valence-corrected chi connectivity index (χ2v) is 10.1. The smallest absolute Gasteiger partial charge is 0.269 e. The van der Waals surface area contributed by atoms with Gasteiger partial charge in [-0.1, -0.05) is 6.42 Å². The van der Waals surface area contributed by atoms with Crippen molar-refractivity contribution in [3.8, 4) is 11.3 Å². The zero-order valence-corrected chi connectivity index (χ0v) is 18.6. The largest absolute Gasteiger partial charge is 0.298 e. The quantitative estimate of drug-likeness (QED) is 0.425. The Morgan fingerprint density at radius 2 is 1.69 bits per heavy atom. The van der Waals surface area contributed by atoms with Crippen LogP contribution in [0.15, 0.2) is 58.8 Å². The average Bonchev–Trinajstić information content (AvgIpc) is 3.28. The minimum Gasteiger partial charge on any atom is -0.298 e. The molecule has 0 bridgehead atoms. The SMILES string of the molecule is O=C(Nc1nc(-c2ccc([N+](=O)[O-])cc2)cs1)c1ccc(S(=O)(=O)N2CCCCC2)cc1. The van der Waals surface area contributed by atoms with Crippen LogP contribution in [0.1, 0.15) is 29.6 Å². The summed E-state index contributed by atoms with van der Waals surface area (Å²) in [6, 6.07) is 11.8. The van der Waals surface area contributed by atoms with Gasteiger partial charge in [0.2, 0.25) is 10.0 Å². The third kappa shape index (κ3) is 4.69. The standard InChI is InChI=1S/C21H20N4O5S2/c26-20(16-6-10-18(11-7-16)32(29,30)24-12-2-1-3-13-24)23-21-22-19(14-31-21)15-4-8-17(9-5-15)25(27)28/h4-11,14H,1-3,12-13H2,(H,22,23,26). The minimum atomic E-state index is -3.55. The van der Waals surface area contributed by atoms with Gasteiger partial charge in [-0.2, -0.15) is 4.31 Å². The summed E-state index contributed by atoms with van der Waals surface area (Å²) >= 11 is 1.22. The molecular weight excluding hydrogens is 452 g/mol. The van der Waals surface area contributed by atoms with Crippen molar-refractivity contribution in [2.45, 2.75) is 24.2 Å². The number of amides is 1. The van der Waals surface area contributed by atoms with Crippen molar-refractivity contribution >= 4 is 38.1 Å². The highest BCUT2D eigenvalue weighted by molar-refractivity contribution is 7.89. The molecule has 166 valence electrons. The molecule has 2 heterocycles. The van der Waals surface area contributed by atoms with E-state index < -0.39 is 20.9 Å². The number of rotatable bonds is 6. The number of anilines is 1. The Kier molecular flexibility index (Phi) is 6.31. The summed E-state index contributed by atoms with van der Waals surface area (Å²) in [5.74, 6) is -0.406. The molecular formula is C21H20N4O5S2. The molecule has 1 N–H and O–H groups in total. The first-order valence-corrected chi connectivity index (χ1v) is 12.3. The fourth-order valence-corrected chi connectivity index (χ4v) is 5.65. The van der Waals surface area contributed by atoms with E-state index in [1.165, 1.54) is 52.0 Å². The number of carbonyl (C=O) groups is 1. The van der Waals surface area contributed by atoms with Crippen LogP contribution in [0.2, 0.25) is 0 Å². The van der Waals surface area contributed by atoms with Gasteiger partial charge in [0.25, 0.3) is 11.6 Å². The highest BCUT2D eigenvalue weighted by Gasteiger charge is 2.26. The third-order valence-corrected chi connectivity index (χ3v) is 7.84. The summed E-state index contributed by atoms with van der Waals surface area (Å²) in [7, 11) is -3.55. The van der Waals surface area contributed by atoms with Crippen molar-refractivity contribution in [1.29, 1.82) is 0 Å². The molecule has 1 aliphatic rings. The molecule has 0 atom stereocenters. The van der Waals surface area contributed by atoms with E-state index in [1.807, 2.05) is 0 Å². The Hall–Kier alpha value is -3.15. The van der Waals surface area contributed by atoms with E-state index in [2.05, 4.69) is 10.3 Å². The monoisotopic (exact) mass is 472 g/mol. The molecule has 0 spiro atoms. The number of nitro groups is 1. The number of benzene rings is 2. The number of non-ortho nitro benzene ring substituents is 1. The van der Waals surface area contributed by atoms with Crippen LogP contribution in [0, 0.1) is 10.1 Å². The number of hydrogen-bond acceptors (Lipinski definition) is 7. The Labute approximate surface area is 188 Å². The number of nitro benzene ring substituents is 1. The van der Waals surface area contributed by atoms with Crippen molar-refractivity contribution in [1.82, 2.24) is 9.29 Å². The lowest BCUT2D eigenvalue weighted by Gasteiger charge is -2.25. The molecule has 1 aliphatic heterocycles. The van der Waals surface area contributed by atoms with Crippen molar-refractivity contribution in [2.75, 3.05) is 18.4 Å². The maximum Gasteiger partial charge on any atom is 0.269 e. The van der Waals surface area contributed by atoms with Gasteiger partial charge in [-0.25, -0.2) is 13.4 Å². The van der Waals surface area contributed by atoms with Crippen LogP contribution in [0.3, 0.4) is 0 Å². The average molecular weight is 473 g/mol. The molecule has 1 aromatic heterocycles. The number of hydrogen-bond donors (Lipinski definition) is 1. The van der Waals surface area contributed by atoms with E-state index >= 15 is 0 Å². The Balaban J connectivity index is 1.44. The van der Waals surface area contributed by atoms with E-state index in [1.54, 1.807) is 17.5 Å².